The molecular formula is C11H18F3NO. The van der Waals surface area contributed by atoms with Gasteiger partial charge in [0.25, 0.3) is 0 Å². The van der Waals surface area contributed by atoms with E-state index >= 15 is 0 Å². The molecule has 0 aromatic heterocycles. The number of halogens is 3. The molecule has 94 valence electrons. The number of hydrogen-bond acceptors (Lipinski definition) is 2. The summed E-state index contributed by atoms with van der Waals surface area (Å²) in [5.74, 6) is 0. The van der Waals surface area contributed by atoms with Gasteiger partial charge in [0.2, 0.25) is 0 Å². The minimum absolute atomic E-state index is 0.205. The highest BCUT2D eigenvalue weighted by atomic mass is 19.4. The van der Waals surface area contributed by atoms with E-state index in [0.29, 0.717) is 19.1 Å². The number of ether oxygens (including phenoxy) is 1. The molecule has 0 atom stereocenters. The SMILES string of the molecule is FC(F)(F)COC1CN(C2CCCCC2)C1. The first kappa shape index (κ1) is 12.2. The highest BCUT2D eigenvalue weighted by molar-refractivity contribution is 4.87. The number of alkyl halides is 3. The van der Waals surface area contributed by atoms with Crippen molar-refractivity contribution in [1.82, 2.24) is 4.90 Å². The fraction of sp³-hybridized carbons (Fsp3) is 1.00. The second-order valence-corrected chi connectivity index (χ2v) is 4.79. The first-order valence-electron chi connectivity index (χ1n) is 5.97. The van der Waals surface area contributed by atoms with Gasteiger partial charge in [-0.1, -0.05) is 19.3 Å². The van der Waals surface area contributed by atoms with Gasteiger partial charge in [-0.2, -0.15) is 13.2 Å². The van der Waals surface area contributed by atoms with Crippen LogP contribution in [0.2, 0.25) is 0 Å². The summed E-state index contributed by atoms with van der Waals surface area (Å²) in [6.45, 7) is 0.262. The molecule has 1 aliphatic carbocycles. The molecule has 0 aromatic rings. The summed E-state index contributed by atoms with van der Waals surface area (Å²) >= 11 is 0. The van der Waals surface area contributed by atoms with Crippen molar-refractivity contribution in [3.8, 4) is 0 Å². The molecule has 1 aliphatic heterocycles. The zero-order chi connectivity index (χ0) is 11.6. The minimum Gasteiger partial charge on any atom is -0.366 e. The van der Waals surface area contributed by atoms with E-state index in [1.165, 1.54) is 32.1 Å². The molecule has 2 aliphatic rings. The molecule has 0 spiro atoms. The lowest BCUT2D eigenvalue weighted by Gasteiger charge is -2.45. The van der Waals surface area contributed by atoms with Gasteiger partial charge in [-0.05, 0) is 12.8 Å². The Kier molecular flexibility index (Phi) is 3.74. The van der Waals surface area contributed by atoms with Gasteiger partial charge in [0.1, 0.15) is 6.61 Å². The molecule has 0 radical (unpaired) electrons. The van der Waals surface area contributed by atoms with Crippen LogP contribution in [0.3, 0.4) is 0 Å². The van der Waals surface area contributed by atoms with Gasteiger partial charge >= 0.3 is 6.18 Å². The Morgan fingerprint density at radius 3 is 2.25 bits per heavy atom. The van der Waals surface area contributed by atoms with Crippen LogP contribution in [0.5, 0.6) is 0 Å². The Hall–Kier alpha value is -0.290. The normalized spacial score (nSPS) is 25.7. The second kappa shape index (κ2) is 4.92. The molecule has 16 heavy (non-hydrogen) atoms. The number of hydrogen-bond donors (Lipinski definition) is 0. The molecule has 1 saturated heterocycles. The molecule has 0 bridgehead atoms. The monoisotopic (exact) mass is 237 g/mol. The van der Waals surface area contributed by atoms with E-state index in [1.807, 2.05) is 0 Å². The van der Waals surface area contributed by atoms with Gasteiger partial charge in [0.15, 0.2) is 0 Å². The van der Waals surface area contributed by atoms with E-state index in [-0.39, 0.29) is 6.10 Å². The first-order chi connectivity index (χ1) is 7.54. The number of likely N-dealkylation sites (tertiary alicyclic amines) is 1. The lowest BCUT2D eigenvalue weighted by Crippen LogP contribution is -2.57. The Labute approximate surface area is 93.7 Å². The topological polar surface area (TPSA) is 12.5 Å². The van der Waals surface area contributed by atoms with Crippen LogP contribution in [-0.2, 0) is 4.74 Å². The van der Waals surface area contributed by atoms with Crippen molar-refractivity contribution in [2.75, 3.05) is 19.7 Å². The summed E-state index contributed by atoms with van der Waals surface area (Å²) in [7, 11) is 0. The maximum Gasteiger partial charge on any atom is 0.411 e. The van der Waals surface area contributed by atoms with Crippen LogP contribution in [0.1, 0.15) is 32.1 Å². The Bertz CT molecular complexity index is 220. The van der Waals surface area contributed by atoms with Gasteiger partial charge in [-0.15, -0.1) is 0 Å². The van der Waals surface area contributed by atoms with Crippen molar-refractivity contribution < 1.29 is 17.9 Å². The van der Waals surface area contributed by atoms with E-state index in [9.17, 15) is 13.2 Å². The highest BCUT2D eigenvalue weighted by Crippen LogP contribution is 2.27. The average Bonchev–Trinajstić information content (AvgIpc) is 2.15. The van der Waals surface area contributed by atoms with Crippen molar-refractivity contribution in [3.63, 3.8) is 0 Å². The standard InChI is InChI=1S/C11H18F3NO/c12-11(13,14)8-16-10-6-15(7-10)9-4-2-1-3-5-9/h9-10H,1-8H2. The first-order valence-corrected chi connectivity index (χ1v) is 5.97. The lowest BCUT2D eigenvalue weighted by molar-refractivity contribution is -0.202. The van der Waals surface area contributed by atoms with Crippen molar-refractivity contribution in [3.05, 3.63) is 0 Å². The summed E-state index contributed by atoms with van der Waals surface area (Å²) in [6, 6.07) is 0.597. The van der Waals surface area contributed by atoms with Gasteiger partial charge in [-0.3, -0.25) is 4.90 Å². The van der Waals surface area contributed by atoms with Crippen LogP contribution in [0.4, 0.5) is 13.2 Å². The van der Waals surface area contributed by atoms with Crippen LogP contribution in [0.15, 0.2) is 0 Å². The van der Waals surface area contributed by atoms with Crippen LogP contribution in [0.25, 0.3) is 0 Å². The third-order valence-electron chi connectivity index (χ3n) is 3.45. The fourth-order valence-corrected chi connectivity index (χ4v) is 2.53. The fourth-order valence-electron chi connectivity index (χ4n) is 2.53. The third kappa shape index (κ3) is 3.35. The highest BCUT2D eigenvalue weighted by Gasteiger charge is 2.36. The van der Waals surface area contributed by atoms with Crippen molar-refractivity contribution in [2.45, 2.75) is 50.4 Å². The maximum atomic E-state index is 11.9. The summed E-state index contributed by atoms with van der Waals surface area (Å²) in [5, 5.41) is 0. The molecular weight excluding hydrogens is 219 g/mol. The smallest absolute Gasteiger partial charge is 0.366 e. The van der Waals surface area contributed by atoms with Crippen LogP contribution >= 0.6 is 0 Å². The molecule has 0 unspecified atom stereocenters. The molecule has 1 saturated carbocycles. The largest absolute Gasteiger partial charge is 0.411 e. The van der Waals surface area contributed by atoms with E-state index in [0.717, 1.165) is 0 Å². The summed E-state index contributed by atoms with van der Waals surface area (Å²) in [6.07, 6.45) is 1.83. The number of rotatable bonds is 3. The average molecular weight is 237 g/mol. The zero-order valence-electron chi connectivity index (χ0n) is 9.30. The maximum absolute atomic E-state index is 11.9. The quantitative estimate of drug-likeness (QED) is 0.748. The van der Waals surface area contributed by atoms with Crippen LogP contribution < -0.4 is 0 Å². The second-order valence-electron chi connectivity index (χ2n) is 4.79. The summed E-state index contributed by atoms with van der Waals surface area (Å²) < 4.78 is 40.5. The van der Waals surface area contributed by atoms with Crippen molar-refractivity contribution in [1.29, 1.82) is 0 Å². The Balaban J connectivity index is 1.62. The molecule has 0 aromatic carbocycles. The molecule has 5 heteroatoms. The van der Waals surface area contributed by atoms with Crippen LogP contribution in [-0.4, -0.2) is 42.9 Å². The Morgan fingerprint density at radius 2 is 1.69 bits per heavy atom. The predicted octanol–water partition coefficient (Wildman–Crippen LogP) is 2.58. The van der Waals surface area contributed by atoms with Crippen LogP contribution in [0, 0.1) is 0 Å². The molecule has 1 heterocycles. The summed E-state index contributed by atoms with van der Waals surface area (Å²) in [5.41, 5.74) is 0. The van der Waals surface area contributed by atoms with Crippen molar-refractivity contribution >= 4 is 0 Å². The molecule has 0 N–H and O–H groups in total. The van der Waals surface area contributed by atoms with Gasteiger partial charge in [0.05, 0.1) is 6.10 Å². The van der Waals surface area contributed by atoms with Crippen molar-refractivity contribution in [2.24, 2.45) is 0 Å². The minimum atomic E-state index is -4.19. The Morgan fingerprint density at radius 1 is 1.06 bits per heavy atom. The lowest BCUT2D eigenvalue weighted by atomic mass is 9.92. The van der Waals surface area contributed by atoms with Gasteiger partial charge < -0.3 is 4.74 Å². The van der Waals surface area contributed by atoms with Gasteiger partial charge in [0, 0.05) is 19.1 Å². The predicted molar refractivity (Wildman–Crippen MR) is 54.2 cm³/mol. The van der Waals surface area contributed by atoms with E-state index < -0.39 is 12.8 Å². The molecule has 0 amide bonds. The zero-order valence-corrected chi connectivity index (χ0v) is 9.30. The van der Waals surface area contributed by atoms with E-state index in [2.05, 4.69) is 4.90 Å². The summed E-state index contributed by atoms with van der Waals surface area (Å²) in [4.78, 5) is 2.26. The molecule has 2 nitrogen and oxygen atoms in total. The molecule has 2 rings (SSSR count). The molecule has 2 fully saturated rings. The van der Waals surface area contributed by atoms with E-state index in [1.54, 1.807) is 0 Å². The third-order valence-corrected chi connectivity index (χ3v) is 3.45. The van der Waals surface area contributed by atoms with Gasteiger partial charge in [-0.25, -0.2) is 0 Å². The van der Waals surface area contributed by atoms with E-state index in [4.69, 9.17) is 4.74 Å². The number of nitrogens with zero attached hydrogens (tertiary/aromatic N) is 1.